The Bertz CT molecular complexity index is 796. The fourth-order valence-corrected chi connectivity index (χ4v) is 6.32. The molecule has 0 aliphatic rings. The second-order valence-corrected chi connectivity index (χ2v) is 14.4. The number of carbonyl (C=O) groups excluding carboxylic acids is 1. The van der Waals surface area contributed by atoms with Crippen LogP contribution in [0, 0.1) is 0 Å². The molecule has 3 N–H and O–H groups in total. The van der Waals surface area contributed by atoms with Crippen LogP contribution >= 0.6 is 0 Å². The van der Waals surface area contributed by atoms with Gasteiger partial charge in [-0.15, -0.1) is 0 Å². The van der Waals surface area contributed by atoms with Crippen molar-refractivity contribution in [2.75, 3.05) is 5.75 Å². The third kappa shape index (κ3) is 32.2. The minimum atomic E-state index is -4.34. The summed E-state index contributed by atoms with van der Waals surface area (Å²) in [5.74, 6) is -0.996. The molecule has 0 spiro atoms. The molecule has 2 unspecified atom stereocenters. The van der Waals surface area contributed by atoms with Crippen LogP contribution in [0.5, 0.6) is 0 Å². The highest BCUT2D eigenvalue weighted by Crippen LogP contribution is 2.14. The van der Waals surface area contributed by atoms with E-state index in [-0.39, 0.29) is 5.91 Å². The van der Waals surface area contributed by atoms with E-state index >= 15 is 0 Å². The number of aliphatic hydroxyl groups excluding tert-OH is 1. The SMILES string of the molecule is CCCCCCCCCCCCCC/C=C/CC/C=C/C(O)C(CS(=O)(=O)O)NC(=O)CCCCCCCCCCCCC. The molecule has 0 rings (SSSR count). The average Bonchev–Trinajstić information content (AvgIpc) is 2.98. The standard InChI is InChI=1S/C37H71NO5S/c1-3-5-7-9-11-13-15-16-17-18-19-20-21-23-24-26-28-30-32-36(39)35(34-44(41,42)43)38-37(40)33-31-29-27-25-22-14-12-10-8-6-4-2/h23-24,30,32,35-36,39H,3-22,25-29,31,33-34H2,1-2H3,(H,38,40)(H,41,42,43)/b24-23+,32-30+. The van der Waals surface area contributed by atoms with Crippen molar-refractivity contribution in [3.05, 3.63) is 24.3 Å². The Labute approximate surface area is 273 Å². The summed E-state index contributed by atoms with van der Waals surface area (Å²) >= 11 is 0. The van der Waals surface area contributed by atoms with E-state index in [1.165, 1.54) is 134 Å². The number of rotatable bonds is 33. The van der Waals surface area contributed by atoms with Gasteiger partial charge < -0.3 is 10.4 Å². The number of allylic oxidation sites excluding steroid dienone is 3. The number of carbonyl (C=O) groups is 1. The van der Waals surface area contributed by atoms with E-state index in [4.69, 9.17) is 0 Å². The smallest absolute Gasteiger partial charge is 0.267 e. The number of unbranched alkanes of at least 4 members (excludes halogenated alkanes) is 23. The molecule has 1 amide bonds. The highest BCUT2D eigenvalue weighted by Gasteiger charge is 2.24. The topological polar surface area (TPSA) is 104 Å². The molecule has 0 saturated carbocycles. The van der Waals surface area contributed by atoms with Gasteiger partial charge in [-0.2, -0.15) is 8.42 Å². The number of aliphatic hydroxyl groups is 1. The Morgan fingerprint density at radius 3 is 1.43 bits per heavy atom. The summed E-state index contributed by atoms with van der Waals surface area (Å²) in [7, 11) is -4.34. The van der Waals surface area contributed by atoms with E-state index in [1.807, 2.05) is 6.08 Å². The van der Waals surface area contributed by atoms with Crippen molar-refractivity contribution >= 4 is 16.0 Å². The van der Waals surface area contributed by atoms with Crippen LogP contribution in [-0.2, 0) is 14.9 Å². The molecule has 44 heavy (non-hydrogen) atoms. The highest BCUT2D eigenvalue weighted by molar-refractivity contribution is 7.85. The van der Waals surface area contributed by atoms with Gasteiger partial charge in [-0.25, -0.2) is 0 Å². The molecule has 0 bridgehead atoms. The van der Waals surface area contributed by atoms with E-state index in [0.29, 0.717) is 6.42 Å². The number of nitrogens with one attached hydrogen (secondary N) is 1. The summed E-state index contributed by atoms with van der Waals surface area (Å²) < 4.78 is 32.3. The molecule has 7 heteroatoms. The lowest BCUT2D eigenvalue weighted by molar-refractivity contribution is -0.122. The molecular formula is C37H71NO5S. The largest absolute Gasteiger partial charge is 0.387 e. The number of hydrogen-bond donors (Lipinski definition) is 3. The fraction of sp³-hybridized carbons (Fsp3) is 0.865. The van der Waals surface area contributed by atoms with Crippen LogP contribution in [0.25, 0.3) is 0 Å². The van der Waals surface area contributed by atoms with Gasteiger partial charge in [-0.1, -0.05) is 173 Å². The number of amides is 1. The monoisotopic (exact) mass is 642 g/mol. The van der Waals surface area contributed by atoms with Crippen molar-refractivity contribution in [3.63, 3.8) is 0 Å². The maximum atomic E-state index is 12.4. The predicted molar refractivity (Wildman–Crippen MR) is 189 cm³/mol. The van der Waals surface area contributed by atoms with Gasteiger partial charge in [0.1, 0.15) is 0 Å². The molecule has 0 fully saturated rings. The minimum absolute atomic E-state index is 0.289. The van der Waals surface area contributed by atoms with Crippen LogP contribution in [0.1, 0.15) is 187 Å². The van der Waals surface area contributed by atoms with Gasteiger partial charge in [-0.3, -0.25) is 9.35 Å². The summed E-state index contributed by atoms with van der Waals surface area (Å²) in [5, 5.41) is 13.1. The van der Waals surface area contributed by atoms with Crippen LogP contribution in [0.2, 0.25) is 0 Å². The molecule has 260 valence electrons. The molecule has 0 aliphatic carbocycles. The molecule has 0 aliphatic heterocycles. The van der Waals surface area contributed by atoms with Gasteiger partial charge in [0, 0.05) is 6.42 Å². The van der Waals surface area contributed by atoms with Gasteiger partial charge in [0.2, 0.25) is 5.91 Å². The Hall–Kier alpha value is -1.18. The highest BCUT2D eigenvalue weighted by atomic mass is 32.2. The van der Waals surface area contributed by atoms with Crippen LogP contribution in [0.4, 0.5) is 0 Å². The third-order valence-electron chi connectivity index (χ3n) is 8.38. The molecule has 0 aromatic rings. The first-order valence-corrected chi connectivity index (χ1v) is 20.1. The van der Waals surface area contributed by atoms with Gasteiger partial charge in [0.25, 0.3) is 10.1 Å². The molecule has 0 saturated heterocycles. The molecule has 0 radical (unpaired) electrons. The second-order valence-electron chi connectivity index (χ2n) is 12.9. The van der Waals surface area contributed by atoms with Crippen LogP contribution in [0.3, 0.4) is 0 Å². The van der Waals surface area contributed by atoms with Gasteiger partial charge >= 0.3 is 0 Å². The van der Waals surface area contributed by atoms with Crippen molar-refractivity contribution in [3.8, 4) is 0 Å². The molecular weight excluding hydrogens is 570 g/mol. The van der Waals surface area contributed by atoms with Gasteiger partial charge in [-0.05, 0) is 32.1 Å². The minimum Gasteiger partial charge on any atom is -0.387 e. The third-order valence-corrected chi connectivity index (χ3v) is 9.16. The van der Waals surface area contributed by atoms with Crippen molar-refractivity contribution in [1.82, 2.24) is 5.32 Å². The van der Waals surface area contributed by atoms with E-state index in [2.05, 4.69) is 31.3 Å². The predicted octanol–water partition coefficient (Wildman–Crippen LogP) is 10.4. The summed E-state index contributed by atoms with van der Waals surface area (Å²) in [6, 6.07) is -1.07. The van der Waals surface area contributed by atoms with E-state index in [9.17, 15) is 22.9 Å². The number of hydrogen-bond acceptors (Lipinski definition) is 4. The maximum Gasteiger partial charge on any atom is 0.267 e. The molecule has 0 aromatic heterocycles. The first-order chi connectivity index (χ1) is 21.3. The van der Waals surface area contributed by atoms with Crippen molar-refractivity contribution in [1.29, 1.82) is 0 Å². The van der Waals surface area contributed by atoms with Crippen molar-refractivity contribution < 1.29 is 22.9 Å². The zero-order chi connectivity index (χ0) is 32.6. The fourth-order valence-electron chi connectivity index (χ4n) is 5.58. The second kappa shape index (κ2) is 31.8. The Balaban J connectivity index is 4.00. The maximum absolute atomic E-state index is 12.4. The Morgan fingerprint density at radius 2 is 0.977 bits per heavy atom. The normalized spacial score (nSPS) is 13.6. The summed E-state index contributed by atoms with van der Waals surface area (Å²) in [4.78, 5) is 12.4. The Kier molecular flexibility index (Phi) is 30.9. The molecule has 0 heterocycles. The summed E-state index contributed by atoms with van der Waals surface area (Å²) in [6.07, 6.45) is 38.8. The van der Waals surface area contributed by atoms with Gasteiger partial charge in [0.15, 0.2) is 0 Å². The first-order valence-electron chi connectivity index (χ1n) is 18.5. The molecule has 2 atom stereocenters. The van der Waals surface area contributed by atoms with E-state index in [0.717, 1.165) is 38.5 Å². The Morgan fingerprint density at radius 1 is 0.591 bits per heavy atom. The molecule has 0 aromatic carbocycles. The quantitative estimate of drug-likeness (QED) is 0.0376. The molecule has 6 nitrogen and oxygen atoms in total. The lowest BCUT2D eigenvalue weighted by Gasteiger charge is -2.21. The van der Waals surface area contributed by atoms with Crippen LogP contribution < -0.4 is 5.32 Å². The van der Waals surface area contributed by atoms with E-state index < -0.39 is 28.0 Å². The summed E-state index contributed by atoms with van der Waals surface area (Å²) in [6.45, 7) is 4.50. The summed E-state index contributed by atoms with van der Waals surface area (Å²) in [5.41, 5.74) is 0. The van der Waals surface area contributed by atoms with Crippen LogP contribution in [0.15, 0.2) is 24.3 Å². The van der Waals surface area contributed by atoms with Crippen molar-refractivity contribution in [2.24, 2.45) is 0 Å². The zero-order valence-corrected chi connectivity index (χ0v) is 29.6. The van der Waals surface area contributed by atoms with Crippen molar-refractivity contribution in [2.45, 2.75) is 199 Å². The van der Waals surface area contributed by atoms with Crippen LogP contribution in [-0.4, -0.2) is 41.9 Å². The lowest BCUT2D eigenvalue weighted by atomic mass is 10.0. The van der Waals surface area contributed by atoms with Gasteiger partial charge in [0.05, 0.1) is 17.9 Å². The average molecular weight is 642 g/mol. The lowest BCUT2D eigenvalue weighted by Crippen LogP contribution is -2.46. The first kappa shape index (κ1) is 42.8. The zero-order valence-electron chi connectivity index (χ0n) is 28.8. The van der Waals surface area contributed by atoms with E-state index in [1.54, 1.807) is 0 Å².